The van der Waals surface area contributed by atoms with E-state index in [1.165, 1.54) is 16.7 Å². The van der Waals surface area contributed by atoms with Crippen LogP contribution in [0.5, 0.6) is 17.2 Å². The zero-order valence-corrected chi connectivity index (χ0v) is 23.4. The van der Waals surface area contributed by atoms with Crippen molar-refractivity contribution in [2.75, 3.05) is 34.0 Å². The molecule has 41 heavy (non-hydrogen) atoms. The third kappa shape index (κ3) is 3.68. The average Bonchev–Trinajstić information content (AvgIpc) is 3.61. The third-order valence-corrected chi connectivity index (χ3v) is 10.0. The zero-order valence-electron chi connectivity index (χ0n) is 23.4. The number of hydrogen-bond acceptors (Lipinski definition) is 6. The predicted octanol–water partition coefficient (Wildman–Crippen LogP) is 4.51. The lowest BCUT2D eigenvalue weighted by atomic mass is 9.53. The van der Waals surface area contributed by atoms with Crippen LogP contribution in [0.3, 0.4) is 0 Å². The van der Waals surface area contributed by atoms with E-state index in [9.17, 15) is 4.79 Å². The van der Waals surface area contributed by atoms with E-state index >= 15 is 0 Å². The number of likely N-dealkylation sites (N-methyl/N-ethyl adjacent to an activating group) is 1. The van der Waals surface area contributed by atoms with Crippen molar-refractivity contribution in [2.24, 2.45) is 5.92 Å². The highest BCUT2D eigenvalue weighted by atomic mass is 16.7. The van der Waals surface area contributed by atoms with Gasteiger partial charge in [-0.15, -0.1) is 0 Å². The van der Waals surface area contributed by atoms with Crippen LogP contribution in [0.2, 0.25) is 0 Å². The summed E-state index contributed by atoms with van der Waals surface area (Å²) in [5.41, 5.74) is 6.45. The number of carbonyl (C=O) groups excluding carboxylic acids is 1. The largest absolute Gasteiger partial charge is 0.485 e. The summed E-state index contributed by atoms with van der Waals surface area (Å²) in [6, 6.07) is 19.0. The number of nitrogens with one attached hydrogen (secondary N) is 1. The quantitative estimate of drug-likeness (QED) is 0.456. The molecule has 1 N–H and O–H groups in total. The summed E-state index contributed by atoms with van der Waals surface area (Å²) in [6.07, 6.45) is 7.04. The maximum atomic E-state index is 13.5. The molecular formula is C34H34N2O5. The van der Waals surface area contributed by atoms with Crippen molar-refractivity contribution in [2.45, 2.75) is 42.9 Å². The fourth-order valence-corrected chi connectivity index (χ4v) is 7.97. The number of hydrogen-bond donors (Lipinski definition) is 1. The monoisotopic (exact) mass is 550 g/mol. The second-order valence-electron chi connectivity index (χ2n) is 11.9. The van der Waals surface area contributed by atoms with Crippen LogP contribution >= 0.6 is 0 Å². The van der Waals surface area contributed by atoms with Gasteiger partial charge in [0.05, 0.1) is 5.56 Å². The van der Waals surface area contributed by atoms with Gasteiger partial charge in [-0.3, -0.25) is 4.79 Å². The number of fused-ring (bicyclic) bond motifs is 1. The molecule has 1 fully saturated rings. The van der Waals surface area contributed by atoms with E-state index in [1.54, 1.807) is 7.11 Å². The molecule has 5 atom stereocenters. The molecule has 1 amide bonds. The second-order valence-corrected chi connectivity index (χ2v) is 11.9. The van der Waals surface area contributed by atoms with Gasteiger partial charge in [0.2, 0.25) is 6.79 Å². The lowest BCUT2D eigenvalue weighted by molar-refractivity contribution is -0.0580. The van der Waals surface area contributed by atoms with E-state index in [-0.39, 0.29) is 30.3 Å². The van der Waals surface area contributed by atoms with Gasteiger partial charge in [-0.2, -0.15) is 0 Å². The van der Waals surface area contributed by atoms with Crippen molar-refractivity contribution in [1.29, 1.82) is 0 Å². The lowest BCUT2D eigenvalue weighted by Crippen LogP contribution is -2.65. The van der Waals surface area contributed by atoms with Crippen LogP contribution in [0.1, 0.15) is 33.5 Å². The minimum Gasteiger partial charge on any atom is -0.485 e. The Balaban J connectivity index is 0.999. The molecule has 7 nitrogen and oxygen atoms in total. The summed E-state index contributed by atoms with van der Waals surface area (Å²) in [6.45, 7) is 1.84. The number of benzene rings is 3. The van der Waals surface area contributed by atoms with Gasteiger partial charge in [-0.1, -0.05) is 48.6 Å². The summed E-state index contributed by atoms with van der Waals surface area (Å²) >= 11 is 0. The molecular weight excluding hydrogens is 516 g/mol. The Labute approximate surface area is 240 Å². The number of piperidine rings is 1. The first-order valence-corrected chi connectivity index (χ1v) is 14.6. The van der Waals surface area contributed by atoms with Crippen molar-refractivity contribution in [3.05, 3.63) is 89.0 Å². The van der Waals surface area contributed by atoms with Gasteiger partial charge in [-0.05, 0) is 73.3 Å². The first-order valence-electron chi connectivity index (χ1n) is 14.6. The van der Waals surface area contributed by atoms with Crippen LogP contribution in [0.4, 0.5) is 0 Å². The van der Waals surface area contributed by atoms with E-state index < -0.39 is 0 Å². The maximum Gasteiger partial charge on any atom is 0.255 e. The molecule has 8 rings (SSSR count). The van der Waals surface area contributed by atoms with Crippen molar-refractivity contribution in [3.8, 4) is 28.4 Å². The van der Waals surface area contributed by atoms with Gasteiger partial charge in [0.1, 0.15) is 18.0 Å². The van der Waals surface area contributed by atoms with Crippen molar-refractivity contribution in [1.82, 2.24) is 10.2 Å². The molecule has 5 aliphatic rings. The molecule has 3 aromatic rings. The van der Waals surface area contributed by atoms with Crippen LogP contribution in [-0.4, -0.2) is 63.1 Å². The number of methoxy groups -OCH3 is 1. The molecule has 210 valence electrons. The highest BCUT2D eigenvalue weighted by Crippen LogP contribution is 2.61. The van der Waals surface area contributed by atoms with E-state index in [0.717, 1.165) is 54.2 Å². The maximum absolute atomic E-state index is 13.5. The Morgan fingerprint density at radius 3 is 2.73 bits per heavy atom. The SMILES string of the molecule is COC1C=CC2C3Cc4ccc(C(=O)NCCc5ccc(-c6ccc7c(c6)OCO7)cc5)c5c4C2(CCN3C)C1O5. The van der Waals surface area contributed by atoms with Crippen LogP contribution < -0.4 is 19.5 Å². The Hall–Kier alpha value is -3.81. The van der Waals surface area contributed by atoms with Gasteiger partial charge in [0.15, 0.2) is 11.5 Å². The highest BCUT2D eigenvalue weighted by molar-refractivity contribution is 5.98. The second kappa shape index (κ2) is 9.36. The number of nitrogens with zero attached hydrogens (tertiary/aromatic N) is 1. The average molecular weight is 551 g/mol. The van der Waals surface area contributed by atoms with Gasteiger partial charge in [-0.25, -0.2) is 0 Å². The fourth-order valence-electron chi connectivity index (χ4n) is 7.97. The normalized spacial score (nSPS) is 28.2. The smallest absolute Gasteiger partial charge is 0.255 e. The molecule has 5 unspecified atom stereocenters. The van der Waals surface area contributed by atoms with Gasteiger partial charge in [0.25, 0.3) is 5.91 Å². The molecule has 1 spiro atoms. The van der Waals surface area contributed by atoms with E-state index in [4.69, 9.17) is 18.9 Å². The molecule has 1 saturated heterocycles. The molecule has 0 aromatic heterocycles. The first-order chi connectivity index (χ1) is 20.1. The minimum absolute atomic E-state index is 0.0802. The van der Waals surface area contributed by atoms with Crippen LogP contribution in [0.15, 0.2) is 66.7 Å². The van der Waals surface area contributed by atoms with E-state index in [0.29, 0.717) is 24.1 Å². The Morgan fingerprint density at radius 1 is 1.05 bits per heavy atom. The van der Waals surface area contributed by atoms with E-state index in [2.05, 4.69) is 59.7 Å². The molecule has 2 bridgehead atoms. The Bertz CT molecular complexity index is 1570. The van der Waals surface area contributed by atoms with Crippen molar-refractivity contribution < 1.29 is 23.7 Å². The molecule has 2 aliphatic carbocycles. The van der Waals surface area contributed by atoms with Crippen LogP contribution in [-0.2, 0) is 23.0 Å². The standard InChI is InChI=1S/C34H34N2O5/c1-36-16-14-34-25-10-12-28(38-2)32(34)41-31-24(9-7-23(30(31)34)17-26(25)36)33(37)35-15-13-20-3-5-21(6-4-20)22-8-11-27-29(18-22)40-19-39-27/h3-12,18,25-26,28,32H,13-17,19H2,1-2H3,(H,35,37). The van der Waals surface area contributed by atoms with Crippen molar-refractivity contribution in [3.63, 3.8) is 0 Å². The predicted molar refractivity (Wildman–Crippen MR) is 155 cm³/mol. The number of rotatable bonds is 6. The Kier molecular flexibility index (Phi) is 5.70. The third-order valence-electron chi connectivity index (χ3n) is 10.0. The summed E-state index contributed by atoms with van der Waals surface area (Å²) in [5.74, 6) is 2.63. The number of likely N-dealkylation sites (tertiary alicyclic amines) is 1. The molecule has 3 heterocycles. The molecule has 3 aromatic carbocycles. The summed E-state index contributed by atoms with van der Waals surface area (Å²) < 4.78 is 23.6. The highest BCUT2D eigenvalue weighted by Gasteiger charge is 2.64. The number of amides is 1. The summed E-state index contributed by atoms with van der Waals surface area (Å²) in [7, 11) is 3.99. The van der Waals surface area contributed by atoms with Gasteiger partial charge >= 0.3 is 0 Å². The first kappa shape index (κ1) is 24.9. The van der Waals surface area contributed by atoms with Gasteiger partial charge in [0, 0.05) is 36.6 Å². The van der Waals surface area contributed by atoms with E-state index in [1.807, 2.05) is 24.3 Å². The molecule has 0 radical (unpaired) electrons. The lowest BCUT2D eigenvalue weighted by Gasteiger charge is -2.56. The molecule has 0 saturated carbocycles. The van der Waals surface area contributed by atoms with Gasteiger partial charge < -0.3 is 29.2 Å². The summed E-state index contributed by atoms with van der Waals surface area (Å²) in [4.78, 5) is 16.0. The molecule has 7 heteroatoms. The topological polar surface area (TPSA) is 69.3 Å². The van der Waals surface area contributed by atoms with Crippen molar-refractivity contribution >= 4 is 5.91 Å². The number of ether oxygens (including phenoxy) is 4. The summed E-state index contributed by atoms with van der Waals surface area (Å²) in [5, 5.41) is 3.16. The van der Waals surface area contributed by atoms with Crippen LogP contribution in [0, 0.1) is 5.92 Å². The fraction of sp³-hybridized carbons (Fsp3) is 0.382. The number of carbonyl (C=O) groups is 1. The van der Waals surface area contributed by atoms with Crippen LogP contribution in [0.25, 0.3) is 11.1 Å². The molecule has 3 aliphatic heterocycles. The zero-order chi connectivity index (χ0) is 27.7. The Morgan fingerprint density at radius 2 is 1.88 bits per heavy atom. The minimum atomic E-state index is -0.133.